The van der Waals surface area contributed by atoms with Crippen LogP contribution in [0.4, 0.5) is 0 Å². The van der Waals surface area contributed by atoms with Gasteiger partial charge in [0.25, 0.3) is 5.91 Å². The topological polar surface area (TPSA) is 69.2 Å². The largest absolute Gasteiger partial charge is 0.390 e. The van der Waals surface area contributed by atoms with E-state index in [1.165, 1.54) is 16.9 Å². The van der Waals surface area contributed by atoms with Crippen LogP contribution in [0.2, 0.25) is 0 Å². The molecule has 1 saturated heterocycles. The van der Waals surface area contributed by atoms with Crippen molar-refractivity contribution in [3.05, 3.63) is 38.8 Å². The average Bonchev–Trinajstić information content (AvgIpc) is 3.27. The van der Waals surface area contributed by atoms with Crippen molar-refractivity contribution in [1.29, 1.82) is 0 Å². The van der Waals surface area contributed by atoms with Gasteiger partial charge < -0.3 is 10.0 Å². The minimum absolute atomic E-state index is 0.0263. The maximum atomic E-state index is 13.0. The van der Waals surface area contributed by atoms with Crippen molar-refractivity contribution < 1.29 is 9.90 Å². The molecule has 3 heterocycles. The van der Waals surface area contributed by atoms with Gasteiger partial charge in [0.15, 0.2) is 0 Å². The Morgan fingerprint density at radius 3 is 3.12 bits per heavy atom. The first-order chi connectivity index (χ1) is 12.1. The van der Waals surface area contributed by atoms with Crippen LogP contribution in [0.1, 0.15) is 63.6 Å². The van der Waals surface area contributed by atoms with Crippen LogP contribution in [0.3, 0.4) is 0 Å². The van der Waals surface area contributed by atoms with Crippen LogP contribution < -0.4 is 0 Å². The van der Waals surface area contributed by atoms with Crippen molar-refractivity contribution in [2.45, 2.75) is 51.6 Å². The predicted molar refractivity (Wildman–Crippen MR) is 97.9 cm³/mol. The number of aromatic nitrogens is 2. The highest BCUT2D eigenvalue weighted by molar-refractivity contribution is 7.14. The SMILES string of the molecule is C[C@H]1CCc2sc(C(=O)N3CCC[C@H](c4cc(CO)[nH]n4)C3)cc2C1. The molecule has 1 amide bonds. The Labute approximate surface area is 152 Å². The van der Waals surface area contributed by atoms with Crippen LogP contribution in [0, 0.1) is 5.92 Å². The maximum Gasteiger partial charge on any atom is 0.263 e. The fourth-order valence-electron chi connectivity index (χ4n) is 4.04. The van der Waals surface area contributed by atoms with E-state index >= 15 is 0 Å². The molecular weight excluding hydrogens is 334 g/mol. The van der Waals surface area contributed by atoms with Crippen molar-refractivity contribution in [2.24, 2.45) is 5.92 Å². The number of aromatic amines is 1. The standard InChI is InChI=1S/C19H25N3O2S/c1-12-4-5-17-14(7-12)8-18(25-17)19(24)22-6-2-3-13(10-22)16-9-15(11-23)20-21-16/h8-9,12-13,23H,2-7,10-11H2,1H3,(H,20,21)/t12-,13-/m0/s1. The third-order valence-corrected chi connectivity index (χ3v) is 6.71. The summed E-state index contributed by atoms with van der Waals surface area (Å²) in [6.45, 7) is 3.81. The molecule has 6 heteroatoms. The molecule has 1 aliphatic heterocycles. The van der Waals surface area contributed by atoms with Crippen LogP contribution in [0.25, 0.3) is 0 Å². The Morgan fingerprint density at radius 1 is 1.44 bits per heavy atom. The zero-order valence-electron chi connectivity index (χ0n) is 14.6. The Hall–Kier alpha value is -1.66. The summed E-state index contributed by atoms with van der Waals surface area (Å²) in [5, 5.41) is 16.4. The van der Waals surface area contributed by atoms with E-state index in [4.69, 9.17) is 0 Å². The number of nitrogens with zero attached hydrogens (tertiary/aromatic N) is 2. The normalized spacial score (nSPS) is 23.5. The summed E-state index contributed by atoms with van der Waals surface area (Å²) in [5.74, 6) is 1.16. The van der Waals surface area contributed by atoms with Gasteiger partial charge in [-0.05, 0) is 55.7 Å². The highest BCUT2D eigenvalue weighted by Crippen LogP contribution is 2.34. The molecule has 0 aromatic carbocycles. The van der Waals surface area contributed by atoms with E-state index in [-0.39, 0.29) is 18.4 Å². The lowest BCUT2D eigenvalue weighted by Crippen LogP contribution is -2.38. The van der Waals surface area contributed by atoms with Crippen LogP contribution in [0.5, 0.6) is 0 Å². The van der Waals surface area contributed by atoms with E-state index in [1.807, 2.05) is 11.0 Å². The molecule has 2 atom stereocenters. The number of carbonyl (C=O) groups is 1. The zero-order chi connectivity index (χ0) is 17.4. The van der Waals surface area contributed by atoms with Crippen LogP contribution in [0.15, 0.2) is 12.1 Å². The van der Waals surface area contributed by atoms with Gasteiger partial charge in [0.05, 0.1) is 22.9 Å². The summed E-state index contributed by atoms with van der Waals surface area (Å²) < 4.78 is 0. The fraction of sp³-hybridized carbons (Fsp3) is 0.579. The lowest BCUT2D eigenvalue weighted by Gasteiger charge is -2.31. The first-order valence-corrected chi connectivity index (χ1v) is 10.0. The number of hydrogen-bond acceptors (Lipinski definition) is 4. The third kappa shape index (κ3) is 3.37. The van der Waals surface area contributed by atoms with Crippen LogP contribution in [-0.2, 0) is 19.4 Å². The highest BCUT2D eigenvalue weighted by atomic mass is 32.1. The number of nitrogens with one attached hydrogen (secondary N) is 1. The molecule has 2 aromatic heterocycles. The summed E-state index contributed by atoms with van der Waals surface area (Å²) >= 11 is 1.70. The Bertz CT molecular complexity index is 767. The van der Waals surface area contributed by atoms with Gasteiger partial charge in [-0.1, -0.05) is 6.92 Å². The number of thiophene rings is 1. The third-order valence-electron chi connectivity index (χ3n) is 5.49. The molecule has 1 aliphatic carbocycles. The molecule has 25 heavy (non-hydrogen) atoms. The lowest BCUT2D eigenvalue weighted by molar-refractivity contribution is 0.0710. The second kappa shape index (κ2) is 6.92. The van der Waals surface area contributed by atoms with Gasteiger partial charge in [0, 0.05) is 23.9 Å². The molecule has 4 rings (SSSR count). The molecule has 0 saturated carbocycles. The summed E-state index contributed by atoms with van der Waals surface area (Å²) in [6, 6.07) is 4.06. The summed E-state index contributed by atoms with van der Waals surface area (Å²) in [7, 11) is 0. The first-order valence-electron chi connectivity index (χ1n) is 9.20. The molecule has 0 unspecified atom stereocenters. The van der Waals surface area contributed by atoms with Gasteiger partial charge in [0.1, 0.15) is 0 Å². The molecule has 5 nitrogen and oxygen atoms in total. The number of fused-ring (bicyclic) bond motifs is 1. The summed E-state index contributed by atoms with van der Waals surface area (Å²) in [6.07, 6.45) is 5.50. The second-order valence-electron chi connectivity index (χ2n) is 7.47. The molecule has 0 bridgehead atoms. The molecule has 0 radical (unpaired) electrons. The van der Waals surface area contributed by atoms with E-state index in [0.717, 1.165) is 54.4 Å². The number of aliphatic hydroxyl groups is 1. The second-order valence-corrected chi connectivity index (χ2v) is 8.61. The number of rotatable bonds is 3. The number of H-pyrrole nitrogens is 1. The quantitative estimate of drug-likeness (QED) is 0.885. The summed E-state index contributed by atoms with van der Waals surface area (Å²) in [5.41, 5.74) is 3.08. The summed E-state index contributed by atoms with van der Waals surface area (Å²) in [4.78, 5) is 17.3. The van der Waals surface area contributed by atoms with E-state index in [2.05, 4.69) is 23.2 Å². The Balaban J connectivity index is 1.48. The maximum absolute atomic E-state index is 13.0. The first kappa shape index (κ1) is 16.8. The molecule has 134 valence electrons. The fourth-order valence-corrected chi connectivity index (χ4v) is 5.22. The average molecular weight is 359 g/mol. The molecule has 2 aliphatic rings. The van der Waals surface area contributed by atoms with E-state index in [9.17, 15) is 9.90 Å². The van der Waals surface area contributed by atoms with Gasteiger partial charge in [-0.3, -0.25) is 9.89 Å². The van der Waals surface area contributed by atoms with Crippen molar-refractivity contribution in [2.75, 3.05) is 13.1 Å². The van der Waals surface area contributed by atoms with Crippen molar-refractivity contribution >= 4 is 17.2 Å². The Kier molecular flexibility index (Phi) is 4.65. The molecular formula is C19H25N3O2S. The minimum Gasteiger partial charge on any atom is -0.390 e. The van der Waals surface area contributed by atoms with Crippen molar-refractivity contribution in [3.63, 3.8) is 0 Å². The molecule has 0 spiro atoms. The minimum atomic E-state index is -0.0263. The van der Waals surface area contributed by atoms with E-state index < -0.39 is 0 Å². The Morgan fingerprint density at radius 2 is 2.32 bits per heavy atom. The number of carbonyl (C=O) groups excluding carboxylic acids is 1. The van der Waals surface area contributed by atoms with Crippen molar-refractivity contribution in [3.8, 4) is 0 Å². The number of hydrogen-bond donors (Lipinski definition) is 2. The smallest absolute Gasteiger partial charge is 0.263 e. The zero-order valence-corrected chi connectivity index (χ0v) is 15.4. The van der Waals surface area contributed by atoms with Gasteiger partial charge in [-0.25, -0.2) is 0 Å². The monoisotopic (exact) mass is 359 g/mol. The number of likely N-dealkylation sites (tertiary alicyclic amines) is 1. The van der Waals surface area contributed by atoms with Gasteiger partial charge in [-0.15, -0.1) is 11.3 Å². The molecule has 2 aromatic rings. The number of piperidine rings is 1. The van der Waals surface area contributed by atoms with Gasteiger partial charge in [-0.2, -0.15) is 5.10 Å². The van der Waals surface area contributed by atoms with Crippen LogP contribution >= 0.6 is 11.3 Å². The van der Waals surface area contributed by atoms with Crippen molar-refractivity contribution in [1.82, 2.24) is 15.1 Å². The van der Waals surface area contributed by atoms with Gasteiger partial charge >= 0.3 is 0 Å². The lowest BCUT2D eigenvalue weighted by atomic mass is 9.90. The van der Waals surface area contributed by atoms with Crippen LogP contribution in [-0.4, -0.2) is 39.2 Å². The molecule has 2 N–H and O–H groups in total. The highest BCUT2D eigenvalue weighted by Gasteiger charge is 2.29. The van der Waals surface area contributed by atoms with E-state index in [0.29, 0.717) is 6.54 Å². The van der Waals surface area contributed by atoms with Gasteiger partial charge in [0.2, 0.25) is 0 Å². The number of aliphatic hydroxyl groups excluding tert-OH is 1. The van der Waals surface area contributed by atoms with E-state index in [1.54, 1.807) is 11.3 Å². The number of aryl methyl sites for hydroxylation is 1. The predicted octanol–water partition coefficient (Wildman–Crippen LogP) is 3.11. The molecule has 1 fully saturated rings. The number of amides is 1.